The lowest BCUT2D eigenvalue weighted by atomic mass is 9.89. The molecule has 4 aromatic carbocycles. The molecule has 0 radical (unpaired) electrons. The first-order valence-corrected chi connectivity index (χ1v) is 12.3. The summed E-state index contributed by atoms with van der Waals surface area (Å²) < 4.78 is 86.4. The smallest absolute Gasteiger partial charge is 0.344 e. The maximum Gasteiger partial charge on any atom is 0.344 e. The van der Waals surface area contributed by atoms with Gasteiger partial charge in [0.05, 0.1) is 0 Å². The van der Waals surface area contributed by atoms with Crippen LogP contribution < -0.4 is 9.47 Å². The third-order valence-corrected chi connectivity index (χ3v) is 6.28. The Morgan fingerprint density at radius 2 is 0.789 bits per heavy atom. The van der Waals surface area contributed by atoms with Gasteiger partial charge in [0, 0.05) is 8.95 Å². The molecule has 4 aromatic rings. The minimum atomic E-state index is -2.55. The molecular weight excluding hydrogens is 642 g/mol. The van der Waals surface area contributed by atoms with Crippen LogP contribution in [-0.4, -0.2) is 0 Å². The number of hydrogen-bond acceptors (Lipinski definition) is 2. The van der Waals surface area contributed by atoms with E-state index < -0.39 is 24.2 Å². The SMILES string of the molecule is FC(F)=C(F)Oc1ccc(-c2ccc(Br)cc2-c2cc(Br)ccc2-c2ccc(OC(F)=C(F)F)cc2)cc1. The van der Waals surface area contributed by atoms with Gasteiger partial charge in [0.2, 0.25) is 0 Å². The second kappa shape index (κ2) is 11.9. The van der Waals surface area contributed by atoms with Gasteiger partial charge in [-0.15, -0.1) is 0 Å². The standard InChI is InChI=1S/C28H14Br2F6O2/c29-17-5-11-21(15-1-7-19(8-2-15)37-27(35)25(31)32)23(13-17)24-14-18(30)6-12-22(24)16-3-9-20(10-4-16)38-28(36)26(33)34/h1-14H. The minimum Gasteiger partial charge on any atom is -0.428 e. The molecule has 10 heteroatoms. The Morgan fingerprint density at radius 1 is 0.447 bits per heavy atom. The highest BCUT2D eigenvalue weighted by atomic mass is 79.9. The van der Waals surface area contributed by atoms with Crippen LogP contribution in [0.1, 0.15) is 0 Å². The van der Waals surface area contributed by atoms with Crippen LogP contribution in [0.4, 0.5) is 26.3 Å². The Kier molecular flexibility index (Phi) is 8.63. The maximum absolute atomic E-state index is 13.2. The normalized spacial score (nSPS) is 10.6. The van der Waals surface area contributed by atoms with Crippen molar-refractivity contribution in [3.8, 4) is 44.9 Å². The zero-order valence-electron chi connectivity index (χ0n) is 18.9. The van der Waals surface area contributed by atoms with Gasteiger partial charge in [-0.25, -0.2) is 0 Å². The number of ether oxygens (including phenoxy) is 2. The summed E-state index contributed by atoms with van der Waals surface area (Å²) >= 11 is 6.99. The van der Waals surface area contributed by atoms with Gasteiger partial charge in [-0.05, 0) is 81.9 Å². The van der Waals surface area contributed by atoms with Gasteiger partial charge in [0.15, 0.2) is 0 Å². The first-order valence-electron chi connectivity index (χ1n) is 10.7. The Hall–Kier alpha value is -3.50. The molecular formula is C28H14Br2F6O2. The van der Waals surface area contributed by atoms with E-state index in [2.05, 4.69) is 41.3 Å². The predicted molar refractivity (Wildman–Crippen MR) is 140 cm³/mol. The molecule has 0 aliphatic rings. The molecule has 4 rings (SSSR count). The fourth-order valence-electron chi connectivity index (χ4n) is 3.67. The Labute approximate surface area is 230 Å². The fraction of sp³-hybridized carbons (Fsp3) is 0. The zero-order chi connectivity index (χ0) is 27.4. The Morgan fingerprint density at radius 3 is 1.11 bits per heavy atom. The van der Waals surface area contributed by atoms with Crippen molar-refractivity contribution >= 4 is 31.9 Å². The number of hydrogen-bond donors (Lipinski definition) is 0. The maximum atomic E-state index is 13.2. The molecule has 38 heavy (non-hydrogen) atoms. The number of rotatable bonds is 7. The molecule has 0 spiro atoms. The molecule has 194 valence electrons. The van der Waals surface area contributed by atoms with E-state index in [1.54, 1.807) is 24.3 Å². The predicted octanol–water partition coefficient (Wildman–Crippen LogP) is 11.0. The van der Waals surface area contributed by atoms with Crippen LogP contribution in [0, 0.1) is 0 Å². The second-order valence-electron chi connectivity index (χ2n) is 7.70. The summed E-state index contributed by atoms with van der Waals surface area (Å²) in [6, 6.07) is 19.2. The molecule has 0 amide bonds. The first kappa shape index (κ1) is 27.5. The second-order valence-corrected chi connectivity index (χ2v) is 9.53. The molecule has 0 heterocycles. The van der Waals surface area contributed by atoms with Gasteiger partial charge < -0.3 is 9.47 Å². The van der Waals surface area contributed by atoms with Crippen LogP contribution in [-0.2, 0) is 0 Å². The van der Waals surface area contributed by atoms with Crippen LogP contribution in [0.2, 0.25) is 0 Å². The zero-order valence-corrected chi connectivity index (χ0v) is 22.1. The van der Waals surface area contributed by atoms with Crippen LogP contribution in [0.25, 0.3) is 33.4 Å². The monoisotopic (exact) mass is 654 g/mol. The van der Waals surface area contributed by atoms with Gasteiger partial charge >= 0.3 is 24.2 Å². The molecule has 0 aliphatic heterocycles. The van der Waals surface area contributed by atoms with E-state index in [-0.39, 0.29) is 11.5 Å². The molecule has 0 fully saturated rings. The highest BCUT2D eigenvalue weighted by molar-refractivity contribution is 9.10. The summed E-state index contributed by atoms with van der Waals surface area (Å²) in [5.74, 6) is -0.191. The average molecular weight is 656 g/mol. The lowest BCUT2D eigenvalue weighted by Crippen LogP contribution is -1.93. The molecule has 0 saturated carbocycles. The fourth-order valence-corrected chi connectivity index (χ4v) is 4.39. The van der Waals surface area contributed by atoms with Gasteiger partial charge in [0.25, 0.3) is 0 Å². The van der Waals surface area contributed by atoms with Gasteiger partial charge in [-0.1, -0.05) is 68.3 Å². The topological polar surface area (TPSA) is 18.5 Å². The van der Waals surface area contributed by atoms with Crippen LogP contribution in [0.3, 0.4) is 0 Å². The molecule has 0 N–H and O–H groups in total. The van der Waals surface area contributed by atoms with Crippen molar-refractivity contribution < 1.29 is 35.8 Å². The summed E-state index contributed by atoms with van der Waals surface area (Å²) in [6.07, 6.45) is -5.11. The molecule has 0 saturated heterocycles. The van der Waals surface area contributed by atoms with E-state index in [0.717, 1.165) is 31.2 Å². The highest BCUT2D eigenvalue weighted by Crippen LogP contribution is 2.41. The molecule has 0 unspecified atom stereocenters. The van der Waals surface area contributed by atoms with E-state index >= 15 is 0 Å². The van der Waals surface area contributed by atoms with E-state index in [1.807, 2.05) is 36.4 Å². The van der Waals surface area contributed by atoms with Crippen LogP contribution >= 0.6 is 31.9 Å². The van der Waals surface area contributed by atoms with Gasteiger partial charge in [-0.3, -0.25) is 0 Å². The summed E-state index contributed by atoms with van der Waals surface area (Å²) in [4.78, 5) is 0. The lowest BCUT2D eigenvalue weighted by Gasteiger charge is -2.16. The van der Waals surface area contributed by atoms with E-state index in [0.29, 0.717) is 11.1 Å². The molecule has 2 nitrogen and oxygen atoms in total. The van der Waals surface area contributed by atoms with Crippen molar-refractivity contribution in [3.63, 3.8) is 0 Å². The molecule has 0 bridgehead atoms. The summed E-state index contributed by atoms with van der Waals surface area (Å²) in [7, 11) is 0. The minimum absolute atomic E-state index is 0.0953. The summed E-state index contributed by atoms with van der Waals surface area (Å²) in [5.41, 5.74) is 4.54. The first-order chi connectivity index (χ1) is 18.1. The largest absolute Gasteiger partial charge is 0.428 e. The highest BCUT2D eigenvalue weighted by Gasteiger charge is 2.16. The quantitative estimate of drug-likeness (QED) is 0.146. The average Bonchev–Trinajstić information content (AvgIpc) is 2.89. The third kappa shape index (κ3) is 6.49. The van der Waals surface area contributed by atoms with Gasteiger partial charge in [0.1, 0.15) is 11.5 Å². The third-order valence-electron chi connectivity index (χ3n) is 5.30. The van der Waals surface area contributed by atoms with Gasteiger partial charge in [-0.2, -0.15) is 26.3 Å². The van der Waals surface area contributed by atoms with Crippen molar-refractivity contribution in [2.75, 3.05) is 0 Å². The van der Waals surface area contributed by atoms with Crippen molar-refractivity contribution in [2.45, 2.75) is 0 Å². The Bertz CT molecular complexity index is 1410. The molecule has 0 atom stereocenters. The molecule has 0 aromatic heterocycles. The molecule has 0 aliphatic carbocycles. The number of benzene rings is 4. The van der Waals surface area contributed by atoms with Crippen LogP contribution in [0.15, 0.2) is 118 Å². The van der Waals surface area contributed by atoms with Crippen molar-refractivity contribution in [3.05, 3.63) is 118 Å². The summed E-state index contributed by atoms with van der Waals surface area (Å²) in [5, 5.41) is 0. The van der Waals surface area contributed by atoms with E-state index in [9.17, 15) is 26.3 Å². The van der Waals surface area contributed by atoms with Crippen molar-refractivity contribution in [2.24, 2.45) is 0 Å². The Balaban J connectivity index is 1.77. The summed E-state index contributed by atoms with van der Waals surface area (Å²) in [6.45, 7) is 0. The lowest BCUT2D eigenvalue weighted by molar-refractivity contribution is 0.241. The number of halogens is 8. The van der Waals surface area contributed by atoms with E-state index in [4.69, 9.17) is 0 Å². The van der Waals surface area contributed by atoms with Crippen molar-refractivity contribution in [1.82, 2.24) is 0 Å². The van der Waals surface area contributed by atoms with E-state index in [1.165, 1.54) is 24.3 Å². The van der Waals surface area contributed by atoms with Crippen LogP contribution in [0.5, 0.6) is 11.5 Å². The van der Waals surface area contributed by atoms with Crippen molar-refractivity contribution in [1.29, 1.82) is 0 Å².